The van der Waals surface area contributed by atoms with Crippen molar-refractivity contribution in [1.82, 2.24) is 0 Å². The summed E-state index contributed by atoms with van der Waals surface area (Å²) in [6.45, 7) is 16.3. The SMILES string of the molecule is C=C1[C@@H]([C@@]2(C)C=CC(=O)C(C)(C)[C@@H]2CC(=O)OC)[C@@H](OC(C)=O)[C@H](OC(=O)C(C)CC)[C@@]2(C)[C@H](C(=O)O)C[C@H]3O[C@]132. The standard InChI is InChI=1S/C31H42O10/c1-10-15(2)27(37)40-25-24(39-17(4)32)23(16(3)31-21(41-31)13-18(26(35)36)30(25,31)8)29(7)12-11-20(33)28(5,6)19(29)14-22(34)38-9/h11-12,15,18-19,21,23-25H,3,10,13-14H2,1-2,4-9H3,(H,35,36)/t15?,18-,19-,21+,23+,24+,25-,29-,30+,31+/m0/s1. The van der Waals surface area contributed by atoms with Crippen molar-refractivity contribution in [1.29, 1.82) is 0 Å². The van der Waals surface area contributed by atoms with Crippen molar-refractivity contribution >= 4 is 29.7 Å². The van der Waals surface area contributed by atoms with Gasteiger partial charge in [-0.05, 0) is 30.4 Å². The summed E-state index contributed by atoms with van der Waals surface area (Å²) in [5, 5.41) is 10.3. The highest BCUT2D eigenvalue weighted by molar-refractivity contribution is 5.96. The van der Waals surface area contributed by atoms with Gasteiger partial charge in [0.1, 0.15) is 17.8 Å². The molecule has 0 bridgehead atoms. The minimum Gasteiger partial charge on any atom is -0.481 e. The number of allylic oxidation sites excluding steroid dienone is 2. The molecule has 1 heterocycles. The third-order valence-electron chi connectivity index (χ3n) is 10.7. The van der Waals surface area contributed by atoms with Crippen molar-refractivity contribution in [2.45, 2.75) is 91.6 Å². The highest BCUT2D eigenvalue weighted by atomic mass is 16.6. The van der Waals surface area contributed by atoms with Crippen molar-refractivity contribution < 1.29 is 48.0 Å². The number of ketones is 1. The molecule has 1 spiro atoms. The van der Waals surface area contributed by atoms with Gasteiger partial charge in [-0.25, -0.2) is 0 Å². The number of esters is 3. The highest BCUT2D eigenvalue weighted by Gasteiger charge is 2.85. The van der Waals surface area contributed by atoms with Crippen molar-refractivity contribution in [2.24, 2.45) is 39.9 Å². The van der Waals surface area contributed by atoms with Crippen LogP contribution in [0.1, 0.15) is 67.7 Å². The van der Waals surface area contributed by atoms with Gasteiger partial charge in [-0.3, -0.25) is 24.0 Å². The monoisotopic (exact) mass is 574 g/mol. The van der Waals surface area contributed by atoms with Crippen molar-refractivity contribution in [3.05, 3.63) is 24.3 Å². The zero-order valence-corrected chi connectivity index (χ0v) is 25.1. The Labute approximate surface area is 240 Å². The second-order valence-corrected chi connectivity index (χ2v) is 13.1. The van der Waals surface area contributed by atoms with Gasteiger partial charge in [0, 0.05) is 23.7 Å². The lowest BCUT2D eigenvalue weighted by atomic mass is 9.46. The van der Waals surface area contributed by atoms with E-state index in [2.05, 4.69) is 6.58 Å². The molecule has 0 aromatic carbocycles. The molecule has 3 aliphatic carbocycles. The smallest absolute Gasteiger partial charge is 0.309 e. The first-order valence-electron chi connectivity index (χ1n) is 14.2. The van der Waals surface area contributed by atoms with Gasteiger partial charge in [-0.1, -0.05) is 54.2 Å². The number of hydrogen-bond acceptors (Lipinski definition) is 9. The first-order valence-corrected chi connectivity index (χ1v) is 14.2. The third-order valence-corrected chi connectivity index (χ3v) is 10.7. The lowest BCUT2D eigenvalue weighted by Crippen LogP contribution is -2.67. The summed E-state index contributed by atoms with van der Waals surface area (Å²) in [7, 11) is 1.27. The van der Waals surface area contributed by atoms with Crippen LogP contribution in [0.5, 0.6) is 0 Å². The molecule has 4 rings (SSSR count). The first kappa shape index (κ1) is 30.9. The van der Waals surface area contributed by atoms with Crippen molar-refractivity contribution in [2.75, 3.05) is 7.11 Å². The number of methoxy groups -OCH3 is 1. The zero-order valence-electron chi connectivity index (χ0n) is 25.1. The predicted octanol–water partition coefficient (Wildman–Crippen LogP) is 3.66. The molecule has 10 atom stereocenters. The Hall–Kier alpha value is -3.01. The second kappa shape index (κ2) is 10.1. The molecule has 0 radical (unpaired) electrons. The topological polar surface area (TPSA) is 146 Å². The van der Waals surface area contributed by atoms with Crippen LogP contribution >= 0.6 is 0 Å². The van der Waals surface area contributed by atoms with Gasteiger partial charge >= 0.3 is 23.9 Å². The number of aliphatic carboxylic acids is 1. The maximum Gasteiger partial charge on any atom is 0.309 e. The molecule has 1 N–H and O–H groups in total. The van der Waals surface area contributed by atoms with Gasteiger partial charge < -0.3 is 24.1 Å². The van der Waals surface area contributed by atoms with E-state index in [-0.39, 0.29) is 18.6 Å². The van der Waals surface area contributed by atoms with Crippen LogP contribution in [0.25, 0.3) is 0 Å². The molecule has 1 aliphatic heterocycles. The fraction of sp³-hybridized carbons (Fsp3) is 0.710. The summed E-state index contributed by atoms with van der Waals surface area (Å²) < 4.78 is 23.5. The third kappa shape index (κ3) is 4.27. The van der Waals surface area contributed by atoms with Crippen LogP contribution in [0.3, 0.4) is 0 Å². The molecular formula is C31H42O10. The lowest BCUT2D eigenvalue weighted by Gasteiger charge is -2.59. The number of carbonyl (C=O) groups excluding carboxylic acids is 4. The number of carbonyl (C=O) groups is 5. The minimum absolute atomic E-state index is 0.115. The van der Waals surface area contributed by atoms with Crippen LogP contribution in [0.2, 0.25) is 0 Å². The van der Waals surface area contributed by atoms with Crippen LogP contribution in [-0.2, 0) is 42.9 Å². The van der Waals surface area contributed by atoms with Gasteiger partial charge in [0.15, 0.2) is 5.78 Å². The average molecular weight is 575 g/mol. The molecule has 4 aliphatic rings. The molecular weight excluding hydrogens is 532 g/mol. The molecule has 1 unspecified atom stereocenters. The second-order valence-electron chi connectivity index (χ2n) is 13.1. The molecule has 10 nitrogen and oxygen atoms in total. The van der Waals surface area contributed by atoms with Crippen molar-refractivity contribution in [3.8, 4) is 0 Å². The molecule has 0 aromatic rings. The Morgan fingerprint density at radius 3 is 2.34 bits per heavy atom. The predicted molar refractivity (Wildman–Crippen MR) is 145 cm³/mol. The van der Waals surface area contributed by atoms with E-state index >= 15 is 0 Å². The van der Waals surface area contributed by atoms with Gasteiger partial charge in [-0.2, -0.15) is 0 Å². The van der Waals surface area contributed by atoms with E-state index in [4.69, 9.17) is 18.9 Å². The van der Waals surface area contributed by atoms with E-state index in [0.717, 1.165) is 0 Å². The Morgan fingerprint density at radius 2 is 1.80 bits per heavy atom. The molecule has 1 saturated heterocycles. The molecule has 226 valence electrons. The molecule has 2 saturated carbocycles. The van der Waals surface area contributed by atoms with E-state index in [9.17, 15) is 29.1 Å². The maximum absolute atomic E-state index is 13.3. The van der Waals surface area contributed by atoms with Crippen LogP contribution in [-0.4, -0.2) is 65.8 Å². The summed E-state index contributed by atoms with van der Waals surface area (Å²) in [6.07, 6.45) is 0.860. The largest absolute Gasteiger partial charge is 0.481 e. The fourth-order valence-electron chi connectivity index (χ4n) is 8.17. The lowest BCUT2D eigenvalue weighted by molar-refractivity contribution is -0.216. The fourth-order valence-corrected chi connectivity index (χ4v) is 8.17. The summed E-state index contributed by atoms with van der Waals surface area (Å²) >= 11 is 0. The summed E-state index contributed by atoms with van der Waals surface area (Å²) in [5.74, 6) is -5.86. The molecule has 0 amide bonds. The number of carboxylic acids is 1. The van der Waals surface area contributed by atoms with Crippen LogP contribution in [0.4, 0.5) is 0 Å². The van der Waals surface area contributed by atoms with E-state index in [1.807, 2.05) is 13.8 Å². The Balaban J connectivity index is 1.98. The Bertz CT molecular complexity index is 1220. The van der Waals surface area contributed by atoms with E-state index < -0.39 is 87.7 Å². The first-order chi connectivity index (χ1) is 18.9. The quantitative estimate of drug-likeness (QED) is 0.197. The van der Waals surface area contributed by atoms with Gasteiger partial charge in [-0.15, -0.1) is 0 Å². The minimum atomic E-state index is -1.31. The van der Waals surface area contributed by atoms with E-state index in [0.29, 0.717) is 12.0 Å². The molecule has 3 fully saturated rings. The van der Waals surface area contributed by atoms with E-state index in [1.54, 1.807) is 33.8 Å². The molecule has 10 heteroatoms. The van der Waals surface area contributed by atoms with Crippen LogP contribution in [0, 0.1) is 39.9 Å². The molecule has 41 heavy (non-hydrogen) atoms. The average Bonchev–Trinajstić information content (AvgIpc) is 3.57. The normalized spacial score (nSPS) is 41.1. The number of hydrogen-bond donors (Lipinski definition) is 1. The van der Waals surface area contributed by atoms with Crippen molar-refractivity contribution in [3.63, 3.8) is 0 Å². The summed E-state index contributed by atoms with van der Waals surface area (Å²) in [6, 6.07) is 0. The Kier molecular flexibility index (Phi) is 7.60. The maximum atomic E-state index is 13.3. The number of epoxide rings is 1. The van der Waals surface area contributed by atoms with Gasteiger partial charge in [0.25, 0.3) is 0 Å². The van der Waals surface area contributed by atoms with Gasteiger partial charge in [0.2, 0.25) is 0 Å². The summed E-state index contributed by atoms with van der Waals surface area (Å²) in [5.41, 5.74) is -4.04. The number of ether oxygens (including phenoxy) is 4. The number of rotatable bonds is 8. The van der Waals surface area contributed by atoms with Gasteiger partial charge in [0.05, 0.1) is 36.9 Å². The van der Waals surface area contributed by atoms with Crippen LogP contribution in [0.15, 0.2) is 24.3 Å². The van der Waals surface area contributed by atoms with E-state index in [1.165, 1.54) is 20.1 Å². The molecule has 0 aromatic heterocycles. The summed E-state index contributed by atoms with van der Waals surface area (Å²) in [4.78, 5) is 64.5. The highest BCUT2D eigenvalue weighted by Crippen LogP contribution is 2.74. The number of carboxylic acid groups (broad SMARTS) is 1. The Morgan fingerprint density at radius 1 is 1.17 bits per heavy atom. The zero-order chi connectivity index (χ0) is 30.9. The van der Waals surface area contributed by atoms with Crippen LogP contribution < -0.4 is 0 Å².